The van der Waals surface area contributed by atoms with Crippen molar-refractivity contribution >= 4 is 10.0 Å². The maximum absolute atomic E-state index is 13.4. The second-order valence-electron chi connectivity index (χ2n) is 6.79. The summed E-state index contributed by atoms with van der Waals surface area (Å²) in [6.07, 6.45) is 1.79. The molecular weight excluding hydrogens is 407 g/mol. The fourth-order valence-electron chi connectivity index (χ4n) is 2.96. The zero-order chi connectivity index (χ0) is 21.7. The van der Waals surface area contributed by atoms with E-state index in [1.165, 1.54) is 24.3 Å². The molecular formula is C22H23FN2O4S. The van der Waals surface area contributed by atoms with E-state index in [0.717, 1.165) is 12.8 Å². The number of nitrogens with two attached hydrogens (primary N) is 1. The molecule has 1 heterocycles. The number of primary sulfonamides is 1. The fraction of sp³-hybridized carbons (Fsp3) is 0.227. The molecule has 0 saturated carbocycles. The lowest BCUT2D eigenvalue weighted by Crippen LogP contribution is -2.11. The Hall–Kier alpha value is -2.81. The van der Waals surface area contributed by atoms with Crippen LogP contribution >= 0.6 is 0 Å². The molecule has 6 nitrogen and oxygen atoms in total. The van der Waals surface area contributed by atoms with Crippen LogP contribution in [0, 0.1) is 5.82 Å². The van der Waals surface area contributed by atoms with E-state index in [9.17, 15) is 17.9 Å². The molecule has 8 heteroatoms. The molecule has 0 aliphatic carbocycles. The second kappa shape index (κ2) is 9.34. The number of halogens is 1. The van der Waals surface area contributed by atoms with Crippen molar-refractivity contribution in [1.82, 2.24) is 4.98 Å². The van der Waals surface area contributed by atoms with Gasteiger partial charge in [0.25, 0.3) is 0 Å². The number of unbranched alkanes of at least 4 members (excludes halogenated alkanes) is 1. The molecule has 0 fully saturated rings. The smallest absolute Gasteiger partial charge is 0.238 e. The molecule has 30 heavy (non-hydrogen) atoms. The monoisotopic (exact) mass is 430 g/mol. The van der Waals surface area contributed by atoms with Crippen molar-refractivity contribution in [3.8, 4) is 28.3 Å². The molecule has 3 rings (SSSR count). The van der Waals surface area contributed by atoms with Gasteiger partial charge in [-0.15, -0.1) is 0 Å². The highest BCUT2D eigenvalue weighted by molar-refractivity contribution is 7.89. The molecule has 0 radical (unpaired) electrons. The summed E-state index contributed by atoms with van der Waals surface area (Å²) in [6, 6.07) is 13.7. The number of rotatable bonds is 8. The molecule has 3 N–H and O–H groups in total. The Morgan fingerprint density at radius 3 is 2.27 bits per heavy atom. The van der Waals surface area contributed by atoms with Crippen LogP contribution in [0.4, 0.5) is 4.39 Å². The zero-order valence-corrected chi connectivity index (χ0v) is 17.3. The van der Waals surface area contributed by atoms with Gasteiger partial charge in [0, 0.05) is 16.7 Å². The van der Waals surface area contributed by atoms with Crippen molar-refractivity contribution in [2.75, 3.05) is 6.61 Å². The first kappa shape index (κ1) is 21.9. The van der Waals surface area contributed by atoms with Crippen LogP contribution in [-0.2, 0) is 16.6 Å². The van der Waals surface area contributed by atoms with Gasteiger partial charge < -0.3 is 9.84 Å². The topological polar surface area (TPSA) is 103 Å². The van der Waals surface area contributed by atoms with Crippen molar-refractivity contribution in [1.29, 1.82) is 0 Å². The van der Waals surface area contributed by atoms with Gasteiger partial charge >= 0.3 is 0 Å². The van der Waals surface area contributed by atoms with Crippen molar-refractivity contribution in [3.05, 3.63) is 66.0 Å². The number of sulfonamides is 1. The minimum atomic E-state index is -3.82. The molecule has 0 bridgehead atoms. The van der Waals surface area contributed by atoms with Crippen LogP contribution in [-0.4, -0.2) is 25.1 Å². The molecule has 0 atom stereocenters. The summed E-state index contributed by atoms with van der Waals surface area (Å²) >= 11 is 0. The molecule has 0 saturated heterocycles. The van der Waals surface area contributed by atoms with Gasteiger partial charge in [0.05, 0.1) is 23.8 Å². The van der Waals surface area contributed by atoms with Crippen LogP contribution in [0.1, 0.15) is 25.3 Å². The predicted octanol–water partition coefficient (Wildman–Crippen LogP) is 3.87. The number of hydrogen-bond donors (Lipinski definition) is 2. The maximum Gasteiger partial charge on any atom is 0.238 e. The molecule has 0 amide bonds. The molecule has 2 aromatic carbocycles. The summed E-state index contributed by atoms with van der Waals surface area (Å²) in [6.45, 7) is 2.23. The molecule has 3 aromatic rings. The van der Waals surface area contributed by atoms with Crippen LogP contribution in [0.5, 0.6) is 5.88 Å². The van der Waals surface area contributed by atoms with E-state index in [0.29, 0.717) is 40.4 Å². The number of aliphatic hydroxyl groups is 1. The van der Waals surface area contributed by atoms with Crippen molar-refractivity contribution in [2.45, 2.75) is 31.3 Å². The summed E-state index contributed by atoms with van der Waals surface area (Å²) in [5.74, 6) is -0.0561. The molecule has 0 spiro atoms. The highest BCUT2D eigenvalue weighted by Crippen LogP contribution is 2.35. The Balaban J connectivity index is 2.15. The Labute approximate surface area is 175 Å². The van der Waals surface area contributed by atoms with Gasteiger partial charge in [-0.1, -0.05) is 25.5 Å². The third-order valence-corrected chi connectivity index (χ3v) is 5.51. The third-order valence-electron chi connectivity index (χ3n) is 4.58. The number of benzene rings is 2. The van der Waals surface area contributed by atoms with Gasteiger partial charge in [-0.2, -0.15) is 0 Å². The van der Waals surface area contributed by atoms with Gasteiger partial charge in [0.15, 0.2) is 0 Å². The lowest BCUT2D eigenvalue weighted by Gasteiger charge is -2.16. The van der Waals surface area contributed by atoms with Crippen LogP contribution in [0.25, 0.3) is 22.4 Å². The normalized spacial score (nSPS) is 11.5. The molecule has 1 aromatic heterocycles. The van der Waals surface area contributed by atoms with Crippen LogP contribution in [0.15, 0.2) is 59.5 Å². The number of ether oxygens (including phenoxy) is 1. The lowest BCUT2D eigenvalue weighted by molar-refractivity contribution is 0.255. The van der Waals surface area contributed by atoms with E-state index in [4.69, 9.17) is 9.88 Å². The number of nitrogens with zero attached hydrogens (tertiary/aromatic N) is 1. The average molecular weight is 431 g/mol. The van der Waals surface area contributed by atoms with Crippen molar-refractivity contribution in [2.24, 2.45) is 5.14 Å². The molecule has 0 aliphatic rings. The SMILES string of the molecule is CCCCOc1nc(-c2ccc(F)cc2)c(-c2ccc(S(N)(=O)=O)cc2)cc1CO. The third kappa shape index (κ3) is 5.02. The maximum atomic E-state index is 13.4. The first-order valence-corrected chi connectivity index (χ1v) is 11.0. The standard InChI is InChI=1S/C22H23FN2O4S/c1-2-3-12-29-22-17(14-26)13-20(15-6-10-19(11-7-15)30(24,27)28)21(25-22)16-4-8-18(23)9-5-16/h4-11,13,26H,2-3,12,14H2,1H3,(H2,24,27,28). The Kier molecular flexibility index (Phi) is 6.81. The Bertz CT molecular complexity index is 1120. The minimum Gasteiger partial charge on any atom is -0.477 e. The van der Waals surface area contributed by atoms with Gasteiger partial charge in [-0.3, -0.25) is 0 Å². The van der Waals surface area contributed by atoms with Gasteiger partial charge in [0.1, 0.15) is 5.82 Å². The van der Waals surface area contributed by atoms with Gasteiger partial charge in [-0.25, -0.2) is 22.9 Å². The number of aromatic nitrogens is 1. The quantitative estimate of drug-likeness (QED) is 0.528. The van der Waals surface area contributed by atoms with E-state index >= 15 is 0 Å². The van der Waals surface area contributed by atoms with E-state index in [1.807, 2.05) is 6.92 Å². The zero-order valence-electron chi connectivity index (χ0n) is 16.5. The summed E-state index contributed by atoms with van der Waals surface area (Å²) in [4.78, 5) is 4.61. The second-order valence-corrected chi connectivity index (χ2v) is 8.35. The van der Waals surface area contributed by atoms with Crippen LogP contribution in [0.2, 0.25) is 0 Å². The van der Waals surface area contributed by atoms with Gasteiger partial charge in [0.2, 0.25) is 15.9 Å². The largest absolute Gasteiger partial charge is 0.477 e. The summed E-state index contributed by atoms with van der Waals surface area (Å²) < 4.78 is 42.3. The summed E-state index contributed by atoms with van der Waals surface area (Å²) in [7, 11) is -3.82. The average Bonchev–Trinajstić information content (AvgIpc) is 2.73. The van der Waals surface area contributed by atoms with Crippen LogP contribution in [0.3, 0.4) is 0 Å². The first-order chi connectivity index (χ1) is 14.3. The summed E-state index contributed by atoms with van der Waals surface area (Å²) in [5, 5.41) is 15.0. The predicted molar refractivity (Wildman–Crippen MR) is 113 cm³/mol. The number of pyridine rings is 1. The highest BCUT2D eigenvalue weighted by atomic mass is 32.2. The van der Waals surface area contributed by atoms with Crippen molar-refractivity contribution < 1.29 is 22.7 Å². The first-order valence-electron chi connectivity index (χ1n) is 9.50. The Morgan fingerprint density at radius 1 is 1.07 bits per heavy atom. The van der Waals surface area contributed by atoms with E-state index in [-0.39, 0.29) is 17.3 Å². The van der Waals surface area contributed by atoms with Gasteiger partial charge in [-0.05, 0) is 54.4 Å². The number of hydrogen-bond acceptors (Lipinski definition) is 5. The minimum absolute atomic E-state index is 0.00978. The summed E-state index contributed by atoms with van der Waals surface area (Å²) in [5.41, 5.74) is 3.01. The Morgan fingerprint density at radius 2 is 1.70 bits per heavy atom. The van der Waals surface area contributed by atoms with E-state index in [2.05, 4.69) is 4.98 Å². The van der Waals surface area contributed by atoms with Crippen molar-refractivity contribution in [3.63, 3.8) is 0 Å². The number of aliphatic hydroxyl groups excluding tert-OH is 1. The van der Waals surface area contributed by atoms with Crippen LogP contribution < -0.4 is 9.88 Å². The molecule has 158 valence electrons. The van der Waals surface area contributed by atoms with E-state index in [1.54, 1.807) is 30.3 Å². The molecule has 0 unspecified atom stereocenters. The highest BCUT2D eigenvalue weighted by Gasteiger charge is 2.17. The fourth-order valence-corrected chi connectivity index (χ4v) is 3.48. The lowest BCUT2D eigenvalue weighted by atomic mass is 9.97. The molecule has 0 aliphatic heterocycles. The van der Waals surface area contributed by atoms with E-state index < -0.39 is 10.0 Å².